The van der Waals surface area contributed by atoms with Crippen molar-refractivity contribution in [3.63, 3.8) is 0 Å². The van der Waals surface area contributed by atoms with Gasteiger partial charge >= 0.3 is 124 Å². The van der Waals surface area contributed by atoms with E-state index in [1.54, 1.807) is 13.3 Å². The summed E-state index contributed by atoms with van der Waals surface area (Å²) in [6, 6.07) is 0. The van der Waals surface area contributed by atoms with Crippen molar-refractivity contribution in [3.8, 4) is 0 Å². The van der Waals surface area contributed by atoms with E-state index in [9.17, 15) is 0 Å². The van der Waals surface area contributed by atoms with E-state index < -0.39 is 17.0 Å². The first-order valence-electron chi connectivity index (χ1n) is 8.09. The van der Waals surface area contributed by atoms with Crippen LogP contribution in [0.5, 0.6) is 0 Å². The van der Waals surface area contributed by atoms with Crippen LogP contribution in [0.1, 0.15) is 80.1 Å². The summed E-state index contributed by atoms with van der Waals surface area (Å²) in [6.07, 6.45) is 8.65. The van der Waals surface area contributed by atoms with Crippen molar-refractivity contribution in [2.75, 3.05) is 0 Å². The fourth-order valence-corrected chi connectivity index (χ4v) is 31.6. The van der Waals surface area contributed by atoms with Crippen LogP contribution in [0.4, 0.5) is 0 Å². The fraction of sp³-hybridized carbons (Fsp3) is 1.00. The second-order valence-corrected chi connectivity index (χ2v) is 26.7. The summed E-state index contributed by atoms with van der Waals surface area (Å²) in [6.45, 7) is 14.4. The Morgan fingerprint density at radius 3 is 1.28 bits per heavy atom. The second-order valence-electron chi connectivity index (χ2n) is 6.71. The molecule has 0 aromatic rings. The van der Waals surface area contributed by atoms with Gasteiger partial charge < -0.3 is 0 Å². The Balaban J connectivity index is 4.73. The predicted octanol–water partition coefficient (Wildman–Crippen LogP) is 6.86. The molecule has 2 heteroatoms. The Morgan fingerprint density at radius 2 is 1.06 bits per heavy atom. The van der Waals surface area contributed by atoms with Crippen LogP contribution in [0.2, 0.25) is 13.3 Å². The van der Waals surface area contributed by atoms with E-state index >= 15 is 0 Å². The predicted molar refractivity (Wildman–Crippen MR) is 92.2 cm³/mol. The average Bonchev–Trinajstić information content (AvgIpc) is 2.29. The summed E-state index contributed by atoms with van der Waals surface area (Å²) in [5, 5.41) is 0. The zero-order valence-corrected chi connectivity index (χ0v) is 17.4. The molecule has 0 aliphatic heterocycles. The van der Waals surface area contributed by atoms with Crippen molar-refractivity contribution < 1.29 is 0 Å². The molecule has 0 nitrogen and oxygen atoms in total. The van der Waals surface area contributed by atoms with Gasteiger partial charge in [-0.25, -0.2) is 0 Å². The number of hydrogen-bond donors (Lipinski definition) is 0. The molecule has 0 N–H and O–H groups in total. The topological polar surface area (TPSA) is 0 Å². The molecule has 0 atom stereocenters. The van der Waals surface area contributed by atoms with Crippen molar-refractivity contribution in [2.45, 2.75) is 98.1 Å². The first kappa shape index (κ1) is 19.1. The van der Waals surface area contributed by atoms with Gasteiger partial charge in [-0.3, -0.25) is 0 Å². The summed E-state index contributed by atoms with van der Waals surface area (Å²) in [5.41, 5.74) is 0. The molecule has 0 rings (SSSR count). The van der Waals surface area contributed by atoms with Crippen molar-refractivity contribution in [1.29, 1.82) is 0 Å². The van der Waals surface area contributed by atoms with E-state index in [4.69, 9.17) is 0 Å². The first-order chi connectivity index (χ1) is 8.39. The molecule has 0 bridgehead atoms. The van der Waals surface area contributed by atoms with Crippen molar-refractivity contribution in [1.82, 2.24) is 0 Å². The maximum atomic E-state index is 2.48. The fourth-order valence-electron chi connectivity index (χ4n) is 2.67. The molecule has 0 unspecified atom stereocenters. The Morgan fingerprint density at radius 1 is 0.722 bits per heavy atom. The van der Waals surface area contributed by atoms with Crippen LogP contribution in [0, 0.1) is 0 Å². The van der Waals surface area contributed by atoms with Gasteiger partial charge in [0.15, 0.2) is 0 Å². The molecule has 0 aromatic carbocycles. The third kappa shape index (κ3) is 9.12. The first-order valence-corrected chi connectivity index (χ1v) is 18.5. The SMILES string of the molecule is CCC[CH2][Sn]([CH2]CCC)([CH2]CCC)[S]C(C)(C)C. The molecule has 18 heavy (non-hydrogen) atoms. The molecule has 0 radical (unpaired) electrons. The second kappa shape index (κ2) is 9.96. The maximum absolute atomic E-state index is 2.48. The van der Waals surface area contributed by atoms with E-state index in [1.807, 2.05) is 0 Å². The van der Waals surface area contributed by atoms with Crippen LogP contribution in [0.25, 0.3) is 0 Å². The van der Waals surface area contributed by atoms with Gasteiger partial charge in [0.05, 0.1) is 0 Å². The van der Waals surface area contributed by atoms with E-state index in [1.165, 1.54) is 38.5 Å². The molecule has 0 spiro atoms. The van der Waals surface area contributed by atoms with Crippen LogP contribution in [0.15, 0.2) is 0 Å². The van der Waals surface area contributed by atoms with Crippen molar-refractivity contribution >= 4 is 25.9 Å². The van der Waals surface area contributed by atoms with Gasteiger partial charge in [0.1, 0.15) is 0 Å². The monoisotopic (exact) mass is 380 g/mol. The molecule has 0 aromatic heterocycles. The summed E-state index contributed by atoms with van der Waals surface area (Å²) in [5.74, 6) is 0. The summed E-state index contributed by atoms with van der Waals surface area (Å²) >= 11 is -1.91. The molecule has 0 amide bonds. The summed E-state index contributed by atoms with van der Waals surface area (Å²) < 4.78 is 5.39. The van der Waals surface area contributed by atoms with Gasteiger partial charge in [0, 0.05) is 0 Å². The molecular weight excluding hydrogens is 343 g/mol. The molecular formula is C16H36SSn. The van der Waals surface area contributed by atoms with Gasteiger partial charge in [-0.1, -0.05) is 0 Å². The minimum atomic E-state index is -1.91. The Labute approximate surface area is 123 Å². The van der Waals surface area contributed by atoms with Crippen molar-refractivity contribution in [2.24, 2.45) is 0 Å². The number of hydrogen-bond acceptors (Lipinski definition) is 1. The van der Waals surface area contributed by atoms with Gasteiger partial charge in [0.25, 0.3) is 0 Å². The average molecular weight is 379 g/mol. The minimum absolute atomic E-state index is 0.491. The van der Waals surface area contributed by atoms with Crippen LogP contribution in [-0.4, -0.2) is 21.7 Å². The van der Waals surface area contributed by atoms with Crippen LogP contribution in [-0.2, 0) is 0 Å². The van der Waals surface area contributed by atoms with E-state index in [0.29, 0.717) is 4.75 Å². The zero-order valence-electron chi connectivity index (χ0n) is 13.8. The van der Waals surface area contributed by atoms with Crippen molar-refractivity contribution in [3.05, 3.63) is 0 Å². The van der Waals surface area contributed by atoms with Gasteiger partial charge in [-0.05, 0) is 0 Å². The third-order valence-corrected chi connectivity index (χ3v) is 28.4. The molecule has 110 valence electrons. The molecule has 0 aliphatic rings. The van der Waals surface area contributed by atoms with Crippen LogP contribution < -0.4 is 0 Å². The Kier molecular flexibility index (Phi) is 10.6. The summed E-state index contributed by atoms with van der Waals surface area (Å²) in [4.78, 5) is 0. The van der Waals surface area contributed by atoms with E-state index in [0.717, 1.165) is 0 Å². The molecule has 0 saturated heterocycles. The molecule has 0 fully saturated rings. The third-order valence-electron chi connectivity index (χ3n) is 3.48. The normalized spacial score (nSPS) is 13.0. The van der Waals surface area contributed by atoms with Crippen LogP contribution in [0.3, 0.4) is 0 Å². The van der Waals surface area contributed by atoms with Crippen LogP contribution >= 0.6 is 8.95 Å². The zero-order chi connectivity index (χ0) is 14.1. The molecule has 0 aliphatic carbocycles. The number of rotatable bonds is 10. The van der Waals surface area contributed by atoms with E-state index in [-0.39, 0.29) is 0 Å². The quantitative estimate of drug-likeness (QED) is 0.374. The van der Waals surface area contributed by atoms with Gasteiger partial charge in [-0.2, -0.15) is 0 Å². The molecule has 0 heterocycles. The Bertz CT molecular complexity index is 174. The standard InChI is InChI=1S/C4H10S.3C4H9.Sn/c1-4(2,3)5;3*1-3-4-2;/h5H,1-3H3;3*1,3-4H2,2H3;/q;;;;+1/p-1. The van der Waals surface area contributed by atoms with E-state index in [2.05, 4.69) is 50.5 Å². The Hall–Kier alpha value is 1.15. The number of unbranched alkanes of at least 4 members (excludes halogenated alkanes) is 3. The van der Waals surface area contributed by atoms with Gasteiger partial charge in [0.2, 0.25) is 0 Å². The molecule has 0 saturated carbocycles. The summed E-state index contributed by atoms with van der Waals surface area (Å²) in [7, 11) is 2.48. The van der Waals surface area contributed by atoms with Gasteiger partial charge in [-0.15, -0.1) is 0 Å².